The summed E-state index contributed by atoms with van der Waals surface area (Å²) in [4.78, 5) is 13.4. The number of carbonyl (C=O) groups is 1. The molecule has 15 heavy (non-hydrogen) atoms. The second-order valence-electron chi connectivity index (χ2n) is 5.05. The van der Waals surface area contributed by atoms with Gasteiger partial charge in [0, 0.05) is 18.5 Å². The van der Waals surface area contributed by atoms with Gasteiger partial charge in [0.1, 0.15) is 5.78 Å². The van der Waals surface area contributed by atoms with Crippen LogP contribution in [0.1, 0.15) is 45.4 Å². The fourth-order valence-electron chi connectivity index (χ4n) is 3.12. The van der Waals surface area contributed by atoms with Gasteiger partial charge in [-0.05, 0) is 45.6 Å². The van der Waals surface area contributed by atoms with Crippen LogP contribution in [0, 0.1) is 0 Å². The lowest BCUT2D eigenvalue weighted by Crippen LogP contribution is -2.45. The van der Waals surface area contributed by atoms with E-state index in [1.165, 1.54) is 12.8 Å². The van der Waals surface area contributed by atoms with Crippen LogP contribution < -0.4 is 0 Å². The average molecular weight is 211 g/mol. The summed E-state index contributed by atoms with van der Waals surface area (Å²) >= 11 is 0. The van der Waals surface area contributed by atoms with E-state index in [9.17, 15) is 9.90 Å². The van der Waals surface area contributed by atoms with Gasteiger partial charge >= 0.3 is 0 Å². The van der Waals surface area contributed by atoms with E-state index in [1.807, 2.05) is 0 Å². The quantitative estimate of drug-likeness (QED) is 0.763. The molecule has 2 unspecified atom stereocenters. The summed E-state index contributed by atoms with van der Waals surface area (Å²) in [6, 6.07) is 1.18. The van der Waals surface area contributed by atoms with E-state index >= 15 is 0 Å². The van der Waals surface area contributed by atoms with Gasteiger partial charge in [-0.25, -0.2) is 0 Å². The average Bonchev–Trinajstić information content (AvgIpc) is 2.42. The van der Waals surface area contributed by atoms with Gasteiger partial charge in [0.25, 0.3) is 0 Å². The molecule has 2 saturated heterocycles. The number of piperidine rings is 1. The zero-order valence-electron chi connectivity index (χ0n) is 9.48. The Kier molecular flexibility index (Phi) is 3.42. The standard InChI is InChI=1S/C12H21NO2/c1-9(14)3-2-6-13-10-4-5-11(13)8-12(15)7-10/h10-12,15H,2-8H2,1H3. The van der Waals surface area contributed by atoms with Gasteiger partial charge in [-0.2, -0.15) is 0 Å². The molecule has 86 valence electrons. The van der Waals surface area contributed by atoms with E-state index in [0.717, 1.165) is 25.8 Å². The Morgan fingerprint density at radius 1 is 1.33 bits per heavy atom. The summed E-state index contributed by atoms with van der Waals surface area (Å²) in [7, 11) is 0. The SMILES string of the molecule is CC(=O)CCCN1C2CCC1CC(O)C2. The number of ketones is 1. The summed E-state index contributed by atoms with van der Waals surface area (Å²) in [6.07, 6.45) is 5.97. The van der Waals surface area contributed by atoms with Crippen LogP contribution in [-0.2, 0) is 4.79 Å². The number of fused-ring (bicyclic) bond motifs is 2. The zero-order chi connectivity index (χ0) is 10.8. The van der Waals surface area contributed by atoms with E-state index in [1.54, 1.807) is 6.92 Å². The van der Waals surface area contributed by atoms with Gasteiger partial charge in [-0.1, -0.05) is 0 Å². The second kappa shape index (κ2) is 4.62. The largest absolute Gasteiger partial charge is 0.393 e. The molecule has 2 aliphatic rings. The van der Waals surface area contributed by atoms with Gasteiger partial charge in [-0.15, -0.1) is 0 Å². The summed E-state index contributed by atoms with van der Waals surface area (Å²) in [5.41, 5.74) is 0. The molecule has 0 saturated carbocycles. The molecule has 0 aromatic heterocycles. The highest BCUT2D eigenvalue weighted by Gasteiger charge is 2.39. The highest BCUT2D eigenvalue weighted by atomic mass is 16.3. The summed E-state index contributed by atoms with van der Waals surface area (Å²) in [5.74, 6) is 0.291. The first-order valence-corrected chi connectivity index (χ1v) is 6.10. The maximum absolute atomic E-state index is 10.9. The Morgan fingerprint density at radius 3 is 2.47 bits per heavy atom. The third-order valence-corrected chi connectivity index (χ3v) is 3.80. The molecule has 2 bridgehead atoms. The van der Waals surface area contributed by atoms with Crippen molar-refractivity contribution in [3.63, 3.8) is 0 Å². The number of aliphatic hydroxyl groups is 1. The highest BCUT2D eigenvalue weighted by Crippen LogP contribution is 2.35. The van der Waals surface area contributed by atoms with Crippen LogP contribution in [0.4, 0.5) is 0 Å². The van der Waals surface area contributed by atoms with E-state index in [-0.39, 0.29) is 6.10 Å². The van der Waals surface area contributed by atoms with Crippen molar-refractivity contribution in [2.45, 2.75) is 63.6 Å². The van der Waals surface area contributed by atoms with E-state index < -0.39 is 0 Å². The van der Waals surface area contributed by atoms with Crippen molar-refractivity contribution in [1.82, 2.24) is 4.90 Å². The molecule has 3 nitrogen and oxygen atoms in total. The molecule has 2 rings (SSSR count). The van der Waals surface area contributed by atoms with E-state index in [2.05, 4.69) is 4.90 Å². The van der Waals surface area contributed by atoms with Crippen molar-refractivity contribution in [2.75, 3.05) is 6.54 Å². The van der Waals surface area contributed by atoms with Gasteiger partial charge in [0.2, 0.25) is 0 Å². The molecule has 0 amide bonds. The second-order valence-corrected chi connectivity index (χ2v) is 5.05. The first-order valence-electron chi connectivity index (χ1n) is 6.10. The molecule has 0 radical (unpaired) electrons. The molecule has 0 aromatic carbocycles. The molecule has 2 heterocycles. The van der Waals surface area contributed by atoms with Crippen LogP contribution in [0.2, 0.25) is 0 Å². The number of Topliss-reactive ketones (excluding diaryl/α,β-unsaturated/α-hetero) is 1. The minimum absolute atomic E-state index is 0.0773. The fraction of sp³-hybridized carbons (Fsp3) is 0.917. The Hall–Kier alpha value is -0.410. The summed E-state index contributed by atoms with van der Waals surface area (Å²) in [5, 5.41) is 9.64. The first-order chi connectivity index (χ1) is 7.16. The van der Waals surface area contributed by atoms with Crippen LogP contribution in [-0.4, -0.2) is 40.5 Å². The number of rotatable bonds is 4. The van der Waals surface area contributed by atoms with Crippen LogP contribution in [0.25, 0.3) is 0 Å². The van der Waals surface area contributed by atoms with Gasteiger partial charge in [0.15, 0.2) is 0 Å². The molecule has 2 atom stereocenters. The van der Waals surface area contributed by atoms with E-state index in [0.29, 0.717) is 24.3 Å². The maximum atomic E-state index is 10.9. The lowest BCUT2D eigenvalue weighted by molar-refractivity contribution is -0.117. The number of nitrogens with zero attached hydrogens (tertiary/aromatic N) is 1. The molecule has 0 aromatic rings. The Bertz CT molecular complexity index is 228. The molecule has 2 fully saturated rings. The molecule has 0 spiro atoms. The number of hydrogen-bond acceptors (Lipinski definition) is 3. The molecular weight excluding hydrogens is 190 g/mol. The number of hydrogen-bond donors (Lipinski definition) is 1. The lowest BCUT2D eigenvalue weighted by atomic mass is 9.99. The Labute approximate surface area is 91.5 Å². The van der Waals surface area contributed by atoms with Crippen molar-refractivity contribution in [3.8, 4) is 0 Å². The van der Waals surface area contributed by atoms with Crippen LogP contribution in [0.5, 0.6) is 0 Å². The zero-order valence-corrected chi connectivity index (χ0v) is 9.48. The first kappa shape index (κ1) is 11.1. The smallest absolute Gasteiger partial charge is 0.129 e. The molecule has 2 aliphatic heterocycles. The van der Waals surface area contributed by atoms with Gasteiger partial charge in [-0.3, -0.25) is 4.90 Å². The predicted octanol–water partition coefficient (Wildman–Crippen LogP) is 1.34. The molecule has 0 aliphatic carbocycles. The number of aliphatic hydroxyl groups excluding tert-OH is 1. The topological polar surface area (TPSA) is 40.5 Å². The third kappa shape index (κ3) is 2.58. The van der Waals surface area contributed by atoms with Crippen molar-refractivity contribution < 1.29 is 9.90 Å². The fourth-order valence-corrected chi connectivity index (χ4v) is 3.12. The lowest BCUT2D eigenvalue weighted by Gasteiger charge is -2.37. The number of carbonyl (C=O) groups excluding carboxylic acids is 1. The van der Waals surface area contributed by atoms with Crippen molar-refractivity contribution in [1.29, 1.82) is 0 Å². The van der Waals surface area contributed by atoms with Gasteiger partial charge in [0.05, 0.1) is 6.10 Å². The Balaban J connectivity index is 1.81. The minimum atomic E-state index is -0.0773. The molecule has 1 N–H and O–H groups in total. The van der Waals surface area contributed by atoms with Crippen LogP contribution >= 0.6 is 0 Å². The predicted molar refractivity (Wildman–Crippen MR) is 58.7 cm³/mol. The minimum Gasteiger partial charge on any atom is -0.393 e. The van der Waals surface area contributed by atoms with E-state index in [4.69, 9.17) is 0 Å². The molecular formula is C12H21NO2. The molecule has 3 heteroatoms. The summed E-state index contributed by atoms with van der Waals surface area (Å²) < 4.78 is 0. The maximum Gasteiger partial charge on any atom is 0.129 e. The van der Waals surface area contributed by atoms with Crippen molar-refractivity contribution in [3.05, 3.63) is 0 Å². The van der Waals surface area contributed by atoms with Crippen molar-refractivity contribution >= 4 is 5.78 Å². The van der Waals surface area contributed by atoms with Gasteiger partial charge < -0.3 is 9.90 Å². The normalized spacial score (nSPS) is 35.7. The van der Waals surface area contributed by atoms with Crippen LogP contribution in [0.15, 0.2) is 0 Å². The monoisotopic (exact) mass is 211 g/mol. The third-order valence-electron chi connectivity index (χ3n) is 3.80. The highest BCUT2D eigenvalue weighted by molar-refractivity contribution is 5.75. The Morgan fingerprint density at radius 2 is 1.93 bits per heavy atom. The van der Waals surface area contributed by atoms with Crippen molar-refractivity contribution in [2.24, 2.45) is 0 Å². The van der Waals surface area contributed by atoms with Crippen LogP contribution in [0.3, 0.4) is 0 Å². The summed E-state index contributed by atoms with van der Waals surface area (Å²) in [6.45, 7) is 2.70.